The summed E-state index contributed by atoms with van der Waals surface area (Å²) in [6, 6.07) is 7.75. The van der Waals surface area contributed by atoms with Crippen molar-refractivity contribution in [2.75, 3.05) is 7.11 Å². The Kier molecular flexibility index (Phi) is 5.33. The van der Waals surface area contributed by atoms with Crippen LogP contribution in [0.5, 0.6) is 5.75 Å². The molecule has 0 radical (unpaired) electrons. The first-order valence-electron chi connectivity index (χ1n) is 5.49. The van der Waals surface area contributed by atoms with E-state index in [2.05, 4.69) is 6.92 Å². The smallest absolute Gasteiger partial charge is 0.225 e. The van der Waals surface area contributed by atoms with Gasteiger partial charge in [0.25, 0.3) is 0 Å². The van der Waals surface area contributed by atoms with E-state index in [9.17, 15) is 4.79 Å². The molecule has 1 aromatic carbocycles. The van der Waals surface area contributed by atoms with Crippen LogP contribution < -0.4 is 4.74 Å². The van der Waals surface area contributed by atoms with Gasteiger partial charge in [-0.1, -0.05) is 25.5 Å². The third-order valence-electron chi connectivity index (χ3n) is 2.60. The molecule has 1 aromatic rings. The van der Waals surface area contributed by atoms with Crippen molar-refractivity contribution in [2.24, 2.45) is 5.92 Å². The molecule has 1 rings (SSSR count). The average Bonchev–Trinajstić information content (AvgIpc) is 2.29. The van der Waals surface area contributed by atoms with Crippen LogP contribution in [0.3, 0.4) is 0 Å². The Morgan fingerprint density at radius 1 is 1.38 bits per heavy atom. The van der Waals surface area contributed by atoms with E-state index in [1.54, 1.807) is 7.11 Å². The number of hydrogen-bond acceptors (Lipinski definition) is 2. The zero-order valence-corrected chi connectivity index (χ0v) is 10.5. The van der Waals surface area contributed by atoms with E-state index in [0.717, 1.165) is 24.2 Å². The van der Waals surface area contributed by atoms with E-state index in [4.69, 9.17) is 16.3 Å². The molecule has 0 fully saturated rings. The molecule has 0 amide bonds. The monoisotopic (exact) mass is 240 g/mol. The minimum atomic E-state index is -0.238. The van der Waals surface area contributed by atoms with Gasteiger partial charge < -0.3 is 4.74 Å². The maximum absolute atomic E-state index is 11.2. The van der Waals surface area contributed by atoms with Gasteiger partial charge in [-0.05, 0) is 42.1 Å². The lowest BCUT2D eigenvalue weighted by Crippen LogP contribution is -2.11. The van der Waals surface area contributed by atoms with Crippen molar-refractivity contribution >= 4 is 16.8 Å². The Hall–Kier alpha value is -1.02. The van der Waals surface area contributed by atoms with Crippen LogP contribution >= 0.6 is 11.6 Å². The molecule has 0 aromatic heterocycles. The summed E-state index contributed by atoms with van der Waals surface area (Å²) in [6.45, 7) is 2.06. The molecule has 0 N–H and O–H groups in total. The summed E-state index contributed by atoms with van der Waals surface area (Å²) < 4.78 is 5.08. The Bertz CT molecular complexity index is 332. The van der Waals surface area contributed by atoms with Crippen LogP contribution in [-0.4, -0.2) is 12.4 Å². The Labute approximate surface area is 102 Å². The van der Waals surface area contributed by atoms with E-state index in [1.807, 2.05) is 24.3 Å². The Balaban J connectivity index is 2.65. The van der Waals surface area contributed by atoms with E-state index >= 15 is 0 Å². The Morgan fingerprint density at radius 2 is 2.00 bits per heavy atom. The zero-order valence-electron chi connectivity index (χ0n) is 9.70. The number of carbonyl (C=O) groups is 1. The largest absolute Gasteiger partial charge is 0.497 e. The van der Waals surface area contributed by atoms with Crippen LogP contribution in [0.15, 0.2) is 24.3 Å². The fraction of sp³-hybridized carbons (Fsp3) is 0.462. The highest BCUT2D eigenvalue weighted by Gasteiger charge is 2.15. The second-order valence-electron chi connectivity index (χ2n) is 3.84. The lowest BCUT2D eigenvalue weighted by Gasteiger charge is -2.11. The van der Waals surface area contributed by atoms with Gasteiger partial charge in [-0.2, -0.15) is 0 Å². The lowest BCUT2D eigenvalue weighted by molar-refractivity contribution is -0.115. The topological polar surface area (TPSA) is 26.3 Å². The predicted octanol–water partition coefficient (Wildman–Crippen LogP) is 3.42. The van der Waals surface area contributed by atoms with Gasteiger partial charge in [0.2, 0.25) is 5.24 Å². The first kappa shape index (κ1) is 13.0. The van der Waals surface area contributed by atoms with Gasteiger partial charge in [0.05, 0.1) is 7.11 Å². The second kappa shape index (κ2) is 6.54. The minimum absolute atomic E-state index is 0.0694. The summed E-state index contributed by atoms with van der Waals surface area (Å²) in [4.78, 5) is 11.2. The number of rotatable bonds is 6. The highest BCUT2D eigenvalue weighted by Crippen LogP contribution is 2.19. The molecule has 16 heavy (non-hydrogen) atoms. The van der Waals surface area contributed by atoms with E-state index in [1.165, 1.54) is 0 Å². The van der Waals surface area contributed by atoms with Crippen molar-refractivity contribution in [3.8, 4) is 5.75 Å². The molecule has 0 heterocycles. The summed E-state index contributed by atoms with van der Waals surface area (Å²) in [5.74, 6) is 0.757. The van der Waals surface area contributed by atoms with Gasteiger partial charge in [-0.3, -0.25) is 4.79 Å². The van der Waals surface area contributed by atoms with Crippen LogP contribution in [0.25, 0.3) is 0 Å². The van der Waals surface area contributed by atoms with E-state index in [-0.39, 0.29) is 11.2 Å². The van der Waals surface area contributed by atoms with Gasteiger partial charge in [-0.25, -0.2) is 0 Å². The number of halogens is 1. The average molecular weight is 241 g/mol. The Morgan fingerprint density at radius 3 is 2.44 bits per heavy atom. The van der Waals surface area contributed by atoms with Crippen molar-refractivity contribution in [3.05, 3.63) is 29.8 Å². The molecule has 88 valence electrons. The lowest BCUT2D eigenvalue weighted by atomic mass is 9.96. The van der Waals surface area contributed by atoms with Crippen LogP contribution in [0.1, 0.15) is 25.3 Å². The molecule has 0 spiro atoms. The maximum atomic E-state index is 11.2. The summed E-state index contributed by atoms with van der Waals surface area (Å²) in [6.07, 6.45) is 2.52. The number of methoxy groups -OCH3 is 1. The van der Waals surface area contributed by atoms with Crippen LogP contribution in [-0.2, 0) is 11.2 Å². The molecule has 0 saturated carbocycles. The highest BCUT2D eigenvalue weighted by atomic mass is 35.5. The molecule has 0 saturated heterocycles. The van der Waals surface area contributed by atoms with Gasteiger partial charge in [0.1, 0.15) is 5.75 Å². The molecule has 1 unspecified atom stereocenters. The normalized spacial score (nSPS) is 12.2. The molecule has 2 nitrogen and oxygen atoms in total. The predicted molar refractivity (Wildman–Crippen MR) is 66.0 cm³/mol. The summed E-state index contributed by atoms with van der Waals surface area (Å²) in [5, 5.41) is -0.238. The maximum Gasteiger partial charge on any atom is 0.225 e. The van der Waals surface area contributed by atoms with Crippen LogP contribution in [0, 0.1) is 5.92 Å². The minimum Gasteiger partial charge on any atom is -0.497 e. The van der Waals surface area contributed by atoms with Gasteiger partial charge in [0, 0.05) is 5.92 Å². The van der Waals surface area contributed by atoms with Crippen molar-refractivity contribution < 1.29 is 9.53 Å². The molecule has 0 aliphatic rings. The van der Waals surface area contributed by atoms with Crippen molar-refractivity contribution in [1.82, 2.24) is 0 Å². The number of carbonyl (C=O) groups excluding carboxylic acids is 1. The molecule has 3 heteroatoms. The van der Waals surface area contributed by atoms with Crippen LogP contribution in [0.4, 0.5) is 0 Å². The first-order valence-corrected chi connectivity index (χ1v) is 5.87. The molecule has 0 bridgehead atoms. The number of ether oxygens (including phenoxy) is 1. The van der Waals surface area contributed by atoms with Gasteiger partial charge >= 0.3 is 0 Å². The van der Waals surface area contributed by atoms with Gasteiger partial charge in [-0.15, -0.1) is 0 Å². The molecular formula is C13H17ClO2. The van der Waals surface area contributed by atoms with Crippen LogP contribution in [0.2, 0.25) is 0 Å². The molecule has 0 aliphatic carbocycles. The van der Waals surface area contributed by atoms with Gasteiger partial charge in [0.15, 0.2) is 0 Å². The van der Waals surface area contributed by atoms with E-state index < -0.39 is 0 Å². The molecular weight excluding hydrogens is 224 g/mol. The quantitative estimate of drug-likeness (QED) is 0.713. The fourth-order valence-corrected chi connectivity index (χ4v) is 1.88. The SMILES string of the molecule is CCCC(Cc1ccc(OC)cc1)C(=O)Cl. The third kappa shape index (κ3) is 3.86. The highest BCUT2D eigenvalue weighted by molar-refractivity contribution is 6.64. The number of benzene rings is 1. The third-order valence-corrected chi connectivity index (χ3v) is 2.91. The van der Waals surface area contributed by atoms with Crippen molar-refractivity contribution in [2.45, 2.75) is 26.2 Å². The summed E-state index contributed by atoms with van der Waals surface area (Å²) >= 11 is 5.57. The molecule has 1 atom stereocenters. The summed E-state index contributed by atoms with van der Waals surface area (Å²) in [7, 11) is 1.64. The zero-order chi connectivity index (χ0) is 12.0. The summed E-state index contributed by atoms with van der Waals surface area (Å²) in [5.41, 5.74) is 1.12. The number of hydrogen-bond donors (Lipinski definition) is 0. The van der Waals surface area contributed by atoms with Crippen molar-refractivity contribution in [1.29, 1.82) is 0 Å². The first-order chi connectivity index (χ1) is 7.67. The van der Waals surface area contributed by atoms with Crippen molar-refractivity contribution in [3.63, 3.8) is 0 Å². The fourth-order valence-electron chi connectivity index (χ4n) is 1.69. The standard InChI is InChI=1S/C13H17ClO2/c1-3-4-11(13(14)15)9-10-5-7-12(16-2)8-6-10/h5-8,11H,3-4,9H2,1-2H3. The van der Waals surface area contributed by atoms with E-state index in [0.29, 0.717) is 6.42 Å². The second-order valence-corrected chi connectivity index (χ2v) is 4.21. The molecule has 0 aliphatic heterocycles.